The molecule has 6 heteroatoms. The van der Waals surface area contributed by atoms with Gasteiger partial charge in [-0.1, -0.05) is 6.92 Å². The second kappa shape index (κ2) is 6.36. The smallest absolute Gasteiger partial charge is 0.251 e. The maximum Gasteiger partial charge on any atom is 0.251 e. The summed E-state index contributed by atoms with van der Waals surface area (Å²) in [5.74, 6) is 0.485. The summed E-state index contributed by atoms with van der Waals surface area (Å²) >= 11 is 0. The van der Waals surface area contributed by atoms with E-state index in [4.69, 9.17) is 0 Å². The first-order valence-electron chi connectivity index (χ1n) is 6.88. The van der Waals surface area contributed by atoms with E-state index < -0.39 is 0 Å². The number of rotatable bonds is 5. The van der Waals surface area contributed by atoms with E-state index >= 15 is 0 Å². The van der Waals surface area contributed by atoms with E-state index in [0.717, 1.165) is 24.5 Å². The van der Waals surface area contributed by atoms with Crippen molar-refractivity contribution in [3.05, 3.63) is 18.3 Å². The zero-order valence-corrected chi connectivity index (χ0v) is 11.8. The van der Waals surface area contributed by atoms with Crippen LogP contribution in [0.2, 0.25) is 0 Å². The summed E-state index contributed by atoms with van der Waals surface area (Å²) < 4.78 is 0. The number of amides is 2. The average Bonchev–Trinajstić information content (AvgIpc) is 2.46. The number of likely N-dealkylation sites (N-methyl/N-ethyl adjacent to an activating group) is 1. The van der Waals surface area contributed by atoms with Crippen molar-refractivity contribution in [2.24, 2.45) is 0 Å². The zero-order chi connectivity index (χ0) is 14.5. The Hall–Kier alpha value is -2.11. The number of nitrogens with one attached hydrogen (secondary N) is 2. The maximum absolute atomic E-state index is 12.0. The molecule has 0 aromatic carbocycles. The lowest BCUT2D eigenvalue weighted by Crippen LogP contribution is -2.48. The topological polar surface area (TPSA) is 74.3 Å². The van der Waals surface area contributed by atoms with Gasteiger partial charge in [0.1, 0.15) is 11.9 Å². The van der Waals surface area contributed by atoms with Crippen LogP contribution < -0.4 is 10.6 Å². The molecule has 0 saturated carbocycles. The van der Waals surface area contributed by atoms with Crippen molar-refractivity contribution < 1.29 is 9.59 Å². The van der Waals surface area contributed by atoms with Gasteiger partial charge < -0.3 is 10.6 Å². The summed E-state index contributed by atoms with van der Waals surface area (Å²) in [6.45, 7) is 2.94. The first-order valence-corrected chi connectivity index (χ1v) is 6.88. The van der Waals surface area contributed by atoms with Gasteiger partial charge in [-0.05, 0) is 18.9 Å². The van der Waals surface area contributed by atoms with E-state index in [1.165, 1.54) is 11.9 Å². The predicted octanol–water partition coefficient (Wildman–Crippen LogP) is 1.46. The van der Waals surface area contributed by atoms with Gasteiger partial charge in [-0.25, -0.2) is 4.98 Å². The second-order valence-corrected chi connectivity index (χ2v) is 4.88. The summed E-state index contributed by atoms with van der Waals surface area (Å²) in [5.41, 5.74) is 0.833. The third-order valence-corrected chi connectivity index (χ3v) is 3.31. The first kappa shape index (κ1) is 14.3. The second-order valence-electron chi connectivity index (χ2n) is 4.88. The van der Waals surface area contributed by atoms with Crippen LogP contribution in [0.1, 0.15) is 26.2 Å². The largest absolute Gasteiger partial charge is 0.374 e. The average molecular weight is 276 g/mol. The summed E-state index contributed by atoms with van der Waals surface area (Å²) in [5, 5.41) is 6.37. The molecule has 1 unspecified atom stereocenters. The first-order chi connectivity index (χ1) is 9.61. The molecule has 0 spiro atoms. The Kier molecular flexibility index (Phi) is 4.55. The highest BCUT2D eigenvalue weighted by Gasteiger charge is 2.31. The van der Waals surface area contributed by atoms with Gasteiger partial charge in [0.15, 0.2) is 0 Å². The fourth-order valence-electron chi connectivity index (χ4n) is 2.12. The van der Waals surface area contributed by atoms with E-state index in [0.29, 0.717) is 12.8 Å². The molecule has 2 N–H and O–H groups in total. The van der Waals surface area contributed by atoms with E-state index in [1.54, 1.807) is 6.20 Å². The molecule has 2 rings (SSSR count). The summed E-state index contributed by atoms with van der Waals surface area (Å²) in [6, 6.07) is 3.35. The lowest BCUT2D eigenvalue weighted by atomic mass is 10.0. The van der Waals surface area contributed by atoms with Gasteiger partial charge in [0, 0.05) is 38.0 Å². The molecule has 1 aliphatic rings. The number of imide groups is 1. The fraction of sp³-hybridized carbons (Fsp3) is 0.500. The number of anilines is 2. The number of piperidine rings is 1. The van der Waals surface area contributed by atoms with Crippen molar-refractivity contribution in [1.29, 1.82) is 0 Å². The SMILES string of the molecule is CCCNc1cc(NC2CCC(=O)N(C)C2=O)ccn1. The molecule has 1 aromatic rings. The van der Waals surface area contributed by atoms with Crippen molar-refractivity contribution in [1.82, 2.24) is 9.88 Å². The van der Waals surface area contributed by atoms with Crippen LogP contribution in [0.5, 0.6) is 0 Å². The number of nitrogens with zero attached hydrogens (tertiary/aromatic N) is 2. The maximum atomic E-state index is 12.0. The summed E-state index contributed by atoms with van der Waals surface area (Å²) in [7, 11) is 1.53. The van der Waals surface area contributed by atoms with Gasteiger partial charge in [0.2, 0.25) is 5.91 Å². The molecule has 1 fully saturated rings. The van der Waals surface area contributed by atoms with Crippen LogP contribution >= 0.6 is 0 Å². The molecule has 2 heterocycles. The van der Waals surface area contributed by atoms with Crippen LogP contribution in [0.3, 0.4) is 0 Å². The van der Waals surface area contributed by atoms with E-state index in [-0.39, 0.29) is 17.9 Å². The fourth-order valence-corrected chi connectivity index (χ4v) is 2.12. The van der Waals surface area contributed by atoms with Crippen molar-refractivity contribution in [3.8, 4) is 0 Å². The van der Waals surface area contributed by atoms with Gasteiger partial charge in [0.25, 0.3) is 5.91 Å². The minimum Gasteiger partial charge on any atom is -0.374 e. The van der Waals surface area contributed by atoms with Crippen LogP contribution in [-0.2, 0) is 9.59 Å². The Balaban J connectivity index is 2.02. The van der Waals surface area contributed by atoms with Crippen molar-refractivity contribution >= 4 is 23.3 Å². The Morgan fingerprint density at radius 3 is 3.00 bits per heavy atom. The van der Waals surface area contributed by atoms with Crippen molar-refractivity contribution in [2.45, 2.75) is 32.2 Å². The van der Waals surface area contributed by atoms with Crippen molar-refractivity contribution in [3.63, 3.8) is 0 Å². The molecule has 1 atom stereocenters. The molecule has 1 aromatic heterocycles. The van der Waals surface area contributed by atoms with Crippen LogP contribution in [0.15, 0.2) is 18.3 Å². The summed E-state index contributed by atoms with van der Waals surface area (Å²) in [6.07, 6.45) is 3.64. The minimum atomic E-state index is -0.348. The van der Waals surface area contributed by atoms with Gasteiger partial charge in [-0.15, -0.1) is 0 Å². The molecule has 1 aliphatic heterocycles. The highest BCUT2D eigenvalue weighted by Crippen LogP contribution is 2.18. The minimum absolute atomic E-state index is 0.118. The number of pyridine rings is 1. The molecule has 0 radical (unpaired) electrons. The molecule has 20 heavy (non-hydrogen) atoms. The Bertz CT molecular complexity index is 504. The van der Waals surface area contributed by atoms with Gasteiger partial charge in [0.05, 0.1) is 0 Å². The molecular formula is C14H20N4O2. The van der Waals surface area contributed by atoms with Gasteiger partial charge in [-0.3, -0.25) is 14.5 Å². The molecule has 2 amide bonds. The molecule has 1 saturated heterocycles. The number of hydrogen-bond acceptors (Lipinski definition) is 5. The number of carbonyl (C=O) groups excluding carboxylic acids is 2. The number of aromatic nitrogens is 1. The molecule has 0 bridgehead atoms. The number of likely N-dealkylation sites (tertiary alicyclic amines) is 1. The van der Waals surface area contributed by atoms with Crippen LogP contribution in [0, 0.1) is 0 Å². The Morgan fingerprint density at radius 2 is 2.25 bits per heavy atom. The van der Waals surface area contributed by atoms with Crippen LogP contribution in [0.4, 0.5) is 11.5 Å². The van der Waals surface area contributed by atoms with Crippen molar-refractivity contribution in [2.75, 3.05) is 24.2 Å². The van der Waals surface area contributed by atoms with E-state index in [1.807, 2.05) is 12.1 Å². The molecular weight excluding hydrogens is 256 g/mol. The monoisotopic (exact) mass is 276 g/mol. The molecule has 0 aliphatic carbocycles. The summed E-state index contributed by atoms with van der Waals surface area (Å²) in [4.78, 5) is 28.8. The zero-order valence-electron chi connectivity index (χ0n) is 11.8. The molecule has 6 nitrogen and oxygen atoms in total. The number of hydrogen-bond donors (Lipinski definition) is 2. The van der Waals surface area contributed by atoms with Gasteiger partial charge in [-0.2, -0.15) is 0 Å². The third kappa shape index (κ3) is 3.26. The highest BCUT2D eigenvalue weighted by atomic mass is 16.2. The lowest BCUT2D eigenvalue weighted by Gasteiger charge is -2.28. The third-order valence-electron chi connectivity index (χ3n) is 3.31. The van der Waals surface area contributed by atoms with Gasteiger partial charge >= 0.3 is 0 Å². The highest BCUT2D eigenvalue weighted by molar-refractivity contribution is 6.01. The standard InChI is InChI=1S/C14H20N4O2/c1-3-7-15-12-9-10(6-8-16-12)17-11-4-5-13(19)18(2)14(11)20/h6,8-9,11H,3-5,7H2,1-2H3,(H2,15,16,17). The van der Waals surface area contributed by atoms with Crippen LogP contribution in [0.25, 0.3) is 0 Å². The van der Waals surface area contributed by atoms with E-state index in [9.17, 15) is 9.59 Å². The van der Waals surface area contributed by atoms with E-state index in [2.05, 4.69) is 22.5 Å². The number of carbonyl (C=O) groups is 2. The normalized spacial score (nSPS) is 19.1. The molecule has 108 valence electrons. The Morgan fingerprint density at radius 1 is 1.45 bits per heavy atom. The lowest BCUT2D eigenvalue weighted by molar-refractivity contribution is -0.146. The Labute approximate surface area is 118 Å². The van der Waals surface area contributed by atoms with Crippen LogP contribution in [-0.4, -0.2) is 41.3 Å². The quantitative estimate of drug-likeness (QED) is 0.796. The predicted molar refractivity (Wildman–Crippen MR) is 77.4 cm³/mol.